The lowest BCUT2D eigenvalue weighted by atomic mass is 9.94. The molecule has 2 aromatic carbocycles. The molecule has 0 saturated carbocycles. The highest BCUT2D eigenvalue weighted by Crippen LogP contribution is 2.26. The number of benzene rings is 2. The summed E-state index contributed by atoms with van der Waals surface area (Å²) in [6.07, 6.45) is 3.33. The molecule has 4 heteroatoms. The Hall–Kier alpha value is -2.72. The number of carbonyl (C=O) groups excluding carboxylic acids is 1. The number of β-amino-alcohol motifs (C(OH)–C–C–N with tert-alkyl or cyclic N) is 1. The van der Waals surface area contributed by atoms with Gasteiger partial charge in [-0.2, -0.15) is 0 Å². The number of aliphatic hydroxyl groups is 1. The number of likely N-dealkylation sites (tertiary alicyclic amines) is 1. The van der Waals surface area contributed by atoms with Crippen LogP contribution in [0.1, 0.15) is 28.7 Å². The summed E-state index contributed by atoms with van der Waals surface area (Å²) in [5, 5.41) is 11.7. The van der Waals surface area contributed by atoms with E-state index in [1.54, 1.807) is 0 Å². The van der Waals surface area contributed by atoms with Crippen LogP contribution in [0.2, 0.25) is 0 Å². The van der Waals surface area contributed by atoms with Crippen molar-refractivity contribution in [3.05, 3.63) is 77.0 Å². The monoisotopic (exact) mass is 388 g/mol. The Kier molecular flexibility index (Phi) is 5.63. The normalized spacial score (nSPS) is 19.1. The molecule has 1 saturated heterocycles. The van der Waals surface area contributed by atoms with E-state index < -0.39 is 6.10 Å². The Bertz CT molecular complexity index is 1000. The van der Waals surface area contributed by atoms with Gasteiger partial charge in [-0.05, 0) is 49.9 Å². The van der Waals surface area contributed by atoms with E-state index in [-0.39, 0.29) is 11.8 Å². The number of carbonyl (C=O) groups is 1. The highest BCUT2D eigenvalue weighted by Gasteiger charge is 2.33. The summed E-state index contributed by atoms with van der Waals surface area (Å²) in [7, 11) is 0. The van der Waals surface area contributed by atoms with Gasteiger partial charge in [-0.25, -0.2) is 0 Å². The number of para-hydroxylation sites is 1. The molecule has 1 aliphatic heterocycles. The zero-order valence-corrected chi connectivity index (χ0v) is 17.1. The average molecular weight is 389 g/mol. The van der Waals surface area contributed by atoms with E-state index in [0.29, 0.717) is 19.5 Å². The standard InChI is InChI=1S/C25H28N2O2/c1-17-11-18(2)13-19(12-17)7-8-25(29)27-15-21(24(28)16-27)14-20-9-10-26-23-6-4-3-5-22(20)23/h3-6,9-13,21,24,28H,7-8,14-16H2,1-2H3/t21-,24+/m1/s1. The Balaban J connectivity index is 1.39. The minimum absolute atomic E-state index is 0.0611. The van der Waals surface area contributed by atoms with Gasteiger partial charge in [0.2, 0.25) is 5.91 Å². The van der Waals surface area contributed by atoms with E-state index in [2.05, 4.69) is 43.1 Å². The number of pyridine rings is 1. The number of hydrogen-bond acceptors (Lipinski definition) is 3. The third kappa shape index (κ3) is 4.48. The van der Waals surface area contributed by atoms with Gasteiger partial charge in [-0.3, -0.25) is 9.78 Å². The molecule has 150 valence electrons. The Labute approximate surface area is 172 Å². The van der Waals surface area contributed by atoms with Crippen LogP contribution in [0.15, 0.2) is 54.7 Å². The molecule has 0 aliphatic carbocycles. The first-order chi connectivity index (χ1) is 14.0. The van der Waals surface area contributed by atoms with E-state index in [1.807, 2.05) is 35.4 Å². The molecule has 4 rings (SSSR count). The van der Waals surface area contributed by atoms with Crippen molar-refractivity contribution in [1.82, 2.24) is 9.88 Å². The lowest BCUT2D eigenvalue weighted by molar-refractivity contribution is -0.130. The number of amides is 1. The zero-order valence-electron chi connectivity index (χ0n) is 17.1. The number of nitrogens with zero attached hydrogens (tertiary/aromatic N) is 2. The molecule has 1 N–H and O–H groups in total. The summed E-state index contributed by atoms with van der Waals surface area (Å²) in [4.78, 5) is 19.0. The highest BCUT2D eigenvalue weighted by atomic mass is 16.3. The molecule has 0 radical (unpaired) electrons. The maximum Gasteiger partial charge on any atom is 0.223 e. The summed E-state index contributed by atoms with van der Waals surface area (Å²) in [5.74, 6) is 0.191. The topological polar surface area (TPSA) is 53.4 Å². The van der Waals surface area contributed by atoms with Gasteiger partial charge in [0.15, 0.2) is 0 Å². The van der Waals surface area contributed by atoms with Crippen LogP contribution in [0.5, 0.6) is 0 Å². The summed E-state index contributed by atoms with van der Waals surface area (Å²) >= 11 is 0. The Morgan fingerprint density at radius 2 is 1.86 bits per heavy atom. The molecule has 29 heavy (non-hydrogen) atoms. The minimum Gasteiger partial charge on any atom is -0.391 e. The van der Waals surface area contributed by atoms with Crippen molar-refractivity contribution in [3.8, 4) is 0 Å². The average Bonchev–Trinajstić information content (AvgIpc) is 3.06. The third-order valence-corrected chi connectivity index (χ3v) is 5.89. The van der Waals surface area contributed by atoms with Crippen molar-refractivity contribution in [3.63, 3.8) is 0 Å². The largest absolute Gasteiger partial charge is 0.391 e. The number of aliphatic hydroxyl groups excluding tert-OH is 1. The number of fused-ring (bicyclic) bond motifs is 1. The maximum absolute atomic E-state index is 12.7. The van der Waals surface area contributed by atoms with E-state index in [1.165, 1.54) is 22.3 Å². The zero-order chi connectivity index (χ0) is 20.4. The first-order valence-corrected chi connectivity index (χ1v) is 10.4. The van der Waals surface area contributed by atoms with E-state index in [0.717, 1.165) is 23.7 Å². The molecule has 1 amide bonds. The molecular formula is C25H28N2O2. The van der Waals surface area contributed by atoms with Crippen LogP contribution in [0.25, 0.3) is 10.9 Å². The van der Waals surface area contributed by atoms with Gasteiger partial charge in [0.1, 0.15) is 0 Å². The lowest BCUT2D eigenvalue weighted by Gasteiger charge is -2.17. The molecule has 0 spiro atoms. The Morgan fingerprint density at radius 3 is 2.66 bits per heavy atom. The number of aromatic nitrogens is 1. The van der Waals surface area contributed by atoms with Crippen LogP contribution in [0, 0.1) is 19.8 Å². The predicted octanol–water partition coefficient (Wildman–Crippen LogP) is 3.85. The molecule has 4 nitrogen and oxygen atoms in total. The fourth-order valence-corrected chi connectivity index (χ4v) is 4.50. The molecule has 1 fully saturated rings. The van der Waals surface area contributed by atoms with Crippen LogP contribution in [0.4, 0.5) is 0 Å². The summed E-state index contributed by atoms with van der Waals surface area (Å²) < 4.78 is 0. The second-order valence-corrected chi connectivity index (χ2v) is 8.31. The van der Waals surface area contributed by atoms with Crippen molar-refractivity contribution >= 4 is 16.8 Å². The smallest absolute Gasteiger partial charge is 0.223 e. The van der Waals surface area contributed by atoms with Gasteiger partial charge in [0.25, 0.3) is 0 Å². The number of aryl methyl sites for hydroxylation is 3. The predicted molar refractivity (Wildman–Crippen MR) is 116 cm³/mol. The van der Waals surface area contributed by atoms with Crippen LogP contribution in [-0.4, -0.2) is 40.1 Å². The van der Waals surface area contributed by atoms with Crippen molar-refractivity contribution in [2.45, 2.75) is 39.2 Å². The summed E-state index contributed by atoms with van der Waals surface area (Å²) in [6.45, 7) is 5.22. The molecule has 2 heterocycles. The SMILES string of the molecule is Cc1cc(C)cc(CCC(=O)N2C[C@@H](Cc3ccnc4ccccc34)[C@@H](O)C2)c1. The lowest BCUT2D eigenvalue weighted by Crippen LogP contribution is -2.29. The third-order valence-electron chi connectivity index (χ3n) is 5.89. The summed E-state index contributed by atoms with van der Waals surface area (Å²) in [5.41, 5.74) is 5.82. The van der Waals surface area contributed by atoms with Gasteiger partial charge >= 0.3 is 0 Å². The van der Waals surface area contributed by atoms with Crippen molar-refractivity contribution in [1.29, 1.82) is 0 Å². The quantitative estimate of drug-likeness (QED) is 0.722. The van der Waals surface area contributed by atoms with E-state index >= 15 is 0 Å². The van der Waals surface area contributed by atoms with Crippen molar-refractivity contribution in [2.75, 3.05) is 13.1 Å². The summed E-state index contributed by atoms with van der Waals surface area (Å²) in [6, 6.07) is 16.6. The number of hydrogen-bond donors (Lipinski definition) is 1. The van der Waals surface area contributed by atoms with Gasteiger partial charge in [0.05, 0.1) is 11.6 Å². The van der Waals surface area contributed by atoms with Crippen LogP contribution >= 0.6 is 0 Å². The second kappa shape index (κ2) is 8.34. The van der Waals surface area contributed by atoms with Gasteiger partial charge < -0.3 is 10.0 Å². The van der Waals surface area contributed by atoms with Crippen molar-refractivity contribution < 1.29 is 9.90 Å². The van der Waals surface area contributed by atoms with Gasteiger partial charge in [-0.15, -0.1) is 0 Å². The van der Waals surface area contributed by atoms with E-state index in [4.69, 9.17) is 0 Å². The molecule has 2 atom stereocenters. The van der Waals surface area contributed by atoms with Crippen LogP contribution in [0.3, 0.4) is 0 Å². The second-order valence-electron chi connectivity index (χ2n) is 8.31. The fourth-order valence-electron chi connectivity index (χ4n) is 4.50. The number of rotatable bonds is 5. The fraction of sp³-hybridized carbons (Fsp3) is 0.360. The van der Waals surface area contributed by atoms with Crippen molar-refractivity contribution in [2.24, 2.45) is 5.92 Å². The molecule has 1 aliphatic rings. The first-order valence-electron chi connectivity index (χ1n) is 10.4. The van der Waals surface area contributed by atoms with E-state index in [9.17, 15) is 9.90 Å². The van der Waals surface area contributed by atoms with Gasteiger partial charge in [-0.1, -0.05) is 47.5 Å². The van der Waals surface area contributed by atoms with Crippen LogP contribution < -0.4 is 0 Å². The minimum atomic E-state index is -0.480. The molecule has 0 unspecified atom stereocenters. The maximum atomic E-state index is 12.7. The molecular weight excluding hydrogens is 360 g/mol. The van der Waals surface area contributed by atoms with Gasteiger partial charge in [0, 0.05) is 37.0 Å². The Morgan fingerprint density at radius 1 is 1.10 bits per heavy atom. The molecule has 1 aromatic heterocycles. The van der Waals surface area contributed by atoms with Crippen LogP contribution in [-0.2, 0) is 17.6 Å². The highest BCUT2D eigenvalue weighted by molar-refractivity contribution is 5.82. The molecule has 3 aromatic rings. The molecule has 0 bridgehead atoms. The first kappa shape index (κ1) is 19.6.